The van der Waals surface area contributed by atoms with Crippen molar-refractivity contribution in [3.63, 3.8) is 0 Å². The predicted molar refractivity (Wildman–Crippen MR) is 218 cm³/mol. The number of rotatable bonds is 13. The lowest BCUT2D eigenvalue weighted by atomic mass is 9.88. The molecule has 13 N–H and O–H groups in total. The van der Waals surface area contributed by atoms with Gasteiger partial charge in [0, 0.05) is 23.8 Å². The van der Waals surface area contributed by atoms with Gasteiger partial charge in [-0.1, -0.05) is 12.1 Å². The Labute approximate surface area is 372 Å². The molecule has 66 heavy (non-hydrogen) atoms. The second kappa shape index (κ2) is 20.2. The highest BCUT2D eigenvalue weighted by Crippen LogP contribution is 2.47. The summed E-state index contributed by atoms with van der Waals surface area (Å²) >= 11 is 0. The van der Waals surface area contributed by atoms with Crippen molar-refractivity contribution in [3.8, 4) is 40.1 Å². The van der Waals surface area contributed by atoms with Crippen LogP contribution in [0.4, 0.5) is 0 Å². The normalized spacial score (nSPS) is 32.7. The number of aromatic hydroxyl groups is 4. The fraction of sp³-hybridized carbons (Fsp3) is 0.442. The average Bonchev–Trinajstić information content (AvgIpc) is 3.29. The summed E-state index contributed by atoms with van der Waals surface area (Å²) in [6, 6.07) is 11.5. The Balaban J connectivity index is 1.31. The highest BCUT2D eigenvalue weighted by molar-refractivity contribution is 5.89. The van der Waals surface area contributed by atoms with Crippen molar-refractivity contribution in [2.75, 3.05) is 26.9 Å². The molecule has 15 atom stereocenters. The number of esters is 1. The molecule has 3 saturated heterocycles. The van der Waals surface area contributed by atoms with Crippen LogP contribution in [0.25, 0.3) is 28.4 Å². The largest absolute Gasteiger partial charge is 0.508 e. The molecule has 358 valence electrons. The molecule has 23 heteroatoms. The molecule has 1 aromatic heterocycles. The van der Waals surface area contributed by atoms with Gasteiger partial charge in [0.25, 0.3) is 0 Å². The van der Waals surface area contributed by atoms with Gasteiger partial charge in [-0.25, -0.2) is 4.79 Å². The quantitative estimate of drug-likeness (QED) is 0.0496. The van der Waals surface area contributed by atoms with Crippen LogP contribution < -0.4 is 10.2 Å². The van der Waals surface area contributed by atoms with E-state index in [4.69, 9.17) is 37.6 Å². The molecule has 3 fully saturated rings. The summed E-state index contributed by atoms with van der Waals surface area (Å²) in [5.41, 5.74) is -1.27. The number of carbonyl (C=O) groups excluding carboxylic acids is 1. The maximum atomic E-state index is 13.8. The SMILES string of the molecule is COc1cc(-c2cc(=O)c3c(O)c([C@@H]4O[C@H](CO)[C@H](O)[C@@H](O[C@H]5O[C@@H](CO)[C@H](O)[C@@H](O)[C@@H]5O[C@@H]5O[C@H](CO)[C@H](O)[C@H](O)[C@@H]5O)[C@@H]4OC(=O)/C=C/c4ccc(O)cc4)c(O)cc3o2)ccc1O. The van der Waals surface area contributed by atoms with Gasteiger partial charge < -0.3 is 104 Å². The van der Waals surface area contributed by atoms with Crippen LogP contribution in [-0.2, 0) is 33.2 Å². The minimum absolute atomic E-state index is 0.0320. The van der Waals surface area contributed by atoms with E-state index in [-0.39, 0.29) is 34.2 Å². The fourth-order valence-electron chi connectivity index (χ4n) is 7.88. The Morgan fingerprint density at radius 1 is 0.667 bits per heavy atom. The van der Waals surface area contributed by atoms with E-state index in [1.165, 1.54) is 55.7 Å². The number of aliphatic hydroxyl groups excluding tert-OH is 9. The van der Waals surface area contributed by atoms with Crippen LogP contribution in [0.3, 0.4) is 0 Å². The summed E-state index contributed by atoms with van der Waals surface area (Å²) in [6.45, 7) is -2.87. The molecule has 0 saturated carbocycles. The lowest BCUT2D eigenvalue weighted by Crippen LogP contribution is -2.66. The van der Waals surface area contributed by atoms with E-state index in [0.717, 1.165) is 18.2 Å². The Kier molecular flexibility index (Phi) is 14.8. The zero-order chi connectivity index (χ0) is 47.7. The molecule has 0 bridgehead atoms. The number of carbonyl (C=O) groups is 1. The molecular formula is C43H48O23. The summed E-state index contributed by atoms with van der Waals surface area (Å²) in [6.07, 6.45) is -26.9. The summed E-state index contributed by atoms with van der Waals surface area (Å²) < 4.78 is 45.9. The molecule has 0 amide bonds. The summed E-state index contributed by atoms with van der Waals surface area (Å²) in [7, 11) is 1.30. The third kappa shape index (κ3) is 9.53. The van der Waals surface area contributed by atoms with Crippen LogP contribution in [0.1, 0.15) is 17.2 Å². The number of methoxy groups -OCH3 is 1. The van der Waals surface area contributed by atoms with Crippen LogP contribution >= 0.6 is 0 Å². The maximum Gasteiger partial charge on any atom is 0.331 e. The van der Waals surface area contributed by atoms with E-state index in [1.807, 2.05) is 0 Å². The van der Waals surface area contributed by atoms with Crippen molar-refractivity contribution in [2.45, 2.75) is 91.9 Å². The Morgan fingerprint density at radius 2 is 1.29 bits per heavy atom. The van der Waals surface area contributed by atoms with Crippen molar-refractivity contribution in [3.05, 3.63) is 82.0 Å². The zero-order valence-corrected chi connectivity index (χ0v) is 34.5. The number of phenols is 4. The van der Waals surface area contributed by atoms with E-state index in [1.54, 1.807) is 0 Å². The molecule has 0 aliphatic carbocycles. The fourth-order valence-corrected chi connectivity index (χ4v) is 7.88. The van der Waals surface area contributed by atoms with Crippen molar-refractivity contribution >= 4 is 23.0 Å². The first kappa shape index (κ1) is 48.5. The van der Waals surface area contributed by atoms with Gasteiger partial charge in [0.2, 0.25) is 0 Å². The Bertz CT molecular complexity index is 2420. The Hall–Kier alpha value is -5.48. The van der Waals surface area contributed by atoms with Gasteiger partial charge >= 0.3 is 5.97 Å². The number of aliphatic hydroxyl groups is 9. The number of hydrogen-bond acceptors (Lipinski definition) is 23. The number of fused-ring (bicyclic) bond motifs is 1. The van der Waals surface area contributed by atoms with Crippen LogP contribution in [0.15, 0.2) is 69.9 Å². The molecule has 3 aliphatic rings. The highest BCUT2D eigenvalue weighted by atomic mass is 16.8. The number of hydrogen-bond donors (Lipinski definition) is 13. The molecule has 23 nitrogen and oxygen atoms in total. The average molecular weight is 933 g/mol. The summed E-state index contributed by atoms with van der Waals surface area (Å²) in [5, 5.41) is 138. The second-order valence-electron chi connectivity index (χ2n) is 15.6. The number of benzene rings is 3. The van der Waals surface area contributed by atoms with Crippen molar-refractivity contribution in [1.82, 2.24) is 0 Å². The van der Waals surface area contributed by atoms with Gasteiger partial charge in [-0.2, -0.15) is 0 Å². The van der Waals surface area contributed by atoms with Crippen molar-refractivity contribution in [1.29, 1.82) is 0 Å². The smallest absolute Gasteiger partial charge is 0.331 e. The predicted octanol–water partition coefficient (Wildman–Crippen LogP) is -2.28. The van der Waals surface area contributed by atoms with Crippen LogP contribution in [0, 0.1) is 0 Å². The first-order chi connectivity index (χ1) is 31.5. The molecule has 7 rings (SSSR count). The topological polar surface area (TPSA) is 375 Å². The first-order valence-electron chi connectivity index (χ1n) is 20.3. The van der Waals surface area contributed by atoms with Gasteiger partial charge in [-0.15, -0.1) is 0 Å². The zero-order valence-electron chi connectivity index (χ0n) is 34.5. The molecule has 3 aliphatic heterocycles. The van der Waals surface area contributed by atoms with Gasteiger partial charge in [-0.3, -0.25) is 4.79 Å². The second-order valence-corrected chi connectivity index (χ2v) is 15.6. The standard InChI is InChI=1S/C43H48O23/c1-59-23-10-17(5-8-19(23)48)22-11-20(49)29-24(60-22)12-21(50)30(34(29)55)38-41(64-28(51)9-4-16-2-6-18(47)7-3-16)39(33(54)27(15-46)61-38)65-43-40(36(57)32(53)26(14-45)63-43)66-42-37(58)35(56)31(52)25(13-44)62-42/h2-12,25-27,31-33,35-48,50,52-58H,13-15H2,1H3/b9-4+/t25-,26+,27-,31+,32+,33+,35+,36-,37+,38+,39-,40+,41-,42+,43-/m1/s1. The van der Waals surface area contributed by atoms with Gasteiger partial charge in [-0.05, 0) is 42.0 Å². The lowest BCUT2D eigenvalue weighted by Gasteiger charge is -2.49. The monoisotopic (exact) mass is 932 g/mol. The third-order valence-electron chi connectivity index (χ3n) is 11.4. The molecule has 4 heterocycles. The first-order valence-corrected chi connectivity index (χ1v) is 20.3. The number of phenolic OH excluding ortho intramolecular Hbond substituents is 4. The Morgan fingerprint density at radius 3 is 1.94 bits per heavy atom. The minimum atomic E-state index is -2.11. The van der Waals surface area contributed by atoms with Crippen LogP contribution in [-0.4, -0.2) is 185 Å². The van der Waals surface area contributed by atoms with Crippen molar-refractivity contribution in [2.24, 2.45) is 0 Å². The highest BCUT2D eigenvalue weighted by Gasteiger charge is 2.56. The molecular weight excluding hydrogens is 884 g/mol. The maximum absolute atomic E-state index is 13.8. The third-order valence-corrected chi connectivity index (χ3v) is 11.4. The molecule has 4 aromatic rings. The summed E-state index contributed by atoms with van der Waals surface area (Å²) in [5.74, 6) is -3.38. The molecule has 0 spiro atoms. The molecule has 3 aromatic carbocycles. The van der Waals surface area contributed by atoms with E-state index >= 15 is 0 Å². The van der Waals surface area contributed by atoms with Gasteiger partial charge in [0.1, 0.15) is 107 Å². The van der Waals surface area contributed by atoms with Crippen LogP contribution in [0.2, 0.25) is 0 Å². The van der Waals surface area contributed by atoms with Crippen LogP contribution in [0.5, 0.6) is 28.7 Å². The van der Waals surface area contributed by atoms with Gasteiger partial charge in [0.15, 0.2) is 35.6 Å². The van der Waals surface area contributed by atoms with Crippen molar-refractivity contribution < 1.29 is 109 Å². The van der Waals surface area contributed by atoms with E-state index < -0.39 is 146 Å². The number of ether oxygens (including phenoxy) is 7. The van der Waals surface area contributed by atoms with E-state index in [0.29, 0.717) is 5.56 Å². The summed E-state index contributed by atoms with van der Waals surface area (Å²) in [4.78, 5) is 27.5. The minimum Gasteiger partial charge on any atom is -0.508 e. The van der Waals surface area contributed by atoms with E-state index in [2.05, 4.69) is 0 Å². The lowest BCUT2D eigenvalue weighted by molar-refractivity contribution is -0.382. The molecule has 0 unspecified atom stereocenters. The van der Waals surface area contributed by atoms with Gasteiger partial charge in [0.05, 0.1) is 32.5 Å². The van der Waals surface area contributed by atoms with E-state index in [9.17, 15) is 76.0 Å². The molecule has 0 radical (unpaired) electrons.